The Kier molecular flexibility index (Phi) is 0.887. The van der Waals surface area contributed by atoms with Gasteiger partial charge in [0.25, 0.3) is 0 Å². The summed E-state index contributed by atoms with van der Waals surface area (Å²) >= 11 is 0. The van der Waals surface area contributed by atoms with E-state index in [9.17, 15) is 0 Å². The summed E-state index contributed by atoms with van der Waals surface area (Å²) in [6.45, 7) is 0. The van der Waals surface area contributed by atoms with E-state index in [1.165, 1.54) is 6.21 Å². The van der Waals surface area contributed by atoms with Crippen LogP contribution in [0.5, 0.6) is 0 Å². The number of hydrogen-bond donors (Lipinski definition) is 1. The van der Waals surface area contributed by atoms with Crippen LogP contribution in [0.1, 0.15) is 5.82 Å². The van der Waals surface area contributed by atoms with Crippen LogP contribution >= 0.6 is 0 Å². The van der Waals surface area contributed by atoms with Gasteiger partial charge in [-0.3, -0.25) is 4.40 Å². The molecule has 4 nitrogen and oxygen atoms in total. The molecule has 0 aromatic carbocycles. The van der Waals surface area contributed by atoms with E-state index in [1.807, 2.05) is 0 Å². The van der Waals surface area contributed by atoms with E-state index in [0.29, 0.717) is 11.5 Å². The van der Waals surface area contributed by atoms with Gasteiger partial charge in [0.15, 0.2) is 5.82 Å². The molecule has 0 saturated heterocycles. The minimum absolute atomic E-state index is 0.587. The third kappa shape index (κ3) is 0.500. The summed E-state index contributed by atoms with van der Waals surface area (Å²) in [6.07, 6.45) is 6.05. The van der Waals surface area contributed by atoms with Gasteiger partial charge in [-0.2, -0.15) is 0 Å². The second-order valence-corrected chi connectivity index (χ2v) is 1.87. The molecule has 1 N–H and O–H groups in total. The molecule has 2 aromatic heterocycles. The van der Waals surface area contributed by atoms with Gasteiger partial charge in [0.05, 0.1) is 12.4 Å². The van der Waals surface area contributed by atoms with Crippen molar-refractivity contribution in [2.24, 2.45) is 0 Å². The average Bonchev–Trinajstić information content (AvgIpc) is 2.44. The quantitative estimate of drug-likeness (QED) is 0.591. The molecule has 2 rings (SSSR count). The van der Waals surface area contributed by atoms with Gasteiger partial charge in [0.2, 0.25) is 5.71 Å². The van der Waals surface area contributed by atoms with Gasteiger partial charge in [0.1, 0.15) is 6.26 Å². The molecule has 0 fully saturated rings. The van der Waals surface area contributed by atoms with E-state index >= 15 is 0 Å². The van der Waals surface area contributed by atoms with Crippen LogP contribution in [0.3, 0.4) is 0 Å². The van der Waals surface area contributed by atoms with Gasteiger partial charge in [-0.1, -0.05) is 0 Å². The van der Waals surface area contributed by atoms with Gasteiger partial charge in [-0.15, -0.1) is 0 Å². The maximum Gasteiger partial charge on any atom is 0.223 e. The van der Waals surface area contributed by atoms with E-state index in [2.05, 4.69) is 4.98 Å². The zero-order chi connectivity index (χ0) is 6.97. The normalized spacial score (nSPS) is 10.4. The third-order valence-corrected chi connectivity index (χ3v) is 1.32. The van der Waals surface area contributed by atoms with E-state index in [0.717, 1.165) is 0 Å². The van der Waals surface area contributed by atoms with E-state index in [4.69, 9.17) is 9.83 Å². The van der Waals surface area contributed by atoms with Crippen molar-refractivity contribution in [3.8, 4) is 0 Å². The summed E-state index contributed by atoms with van der Waals surface area (Å²) in [5.74, 6) is 0.587. The minimum Gasteiger partial charge on any atom is -0.445 e. The molecule has 0 spiro atoms. The van der Waals surface area contributed by atoms with E-state index in [-0.39, 0.29) is 0 Å². The van der Waals surface area contributed by atoms with E-state index in [1.54, 1.807) is 23.1 Å². The number of imidazole rings is 1. The third-order valence-electron chi connectivity index (χ3n) is 1.32. The Morgan fingerprint density at radius 1 is 1.70 bits per heavy atom. The van der Waals surface area contributed by atoms with Crippen LogP contribution in [-0.2, 0) is 0 Å². The second-order valence-electron chi connectivity index (χ2n) is 1.87. The van der Waals surface area contributed by atoms with Gasteiger partial charge in [-0.05, 0) is 0 Å². The van der Waals surface area contributed by atoms with Crippen molar-refractivity contribution in [1.82, 2.24) is 9.38 Å². The summed E-state index contributed by atoms with van der Waals surface area (Å²) in [7, 11) is 0. The zero-order valence-corrected chi connectivity index (χ0v) is 5.11. The van der Waals surface area contributed by atoms with Crippen LogP contribution in [0.4, 0.5) is 0 Å². The molecule has 0 bridgehead atoms. The number of rotatable bonds is 1. The zero-order valence-electron chi connectivity index (χ0n) is 5.11. The SMILES string of the molecule is N=Cc1ncc2occn12. The monoisotopic (exact) mass is 135 g/mol. The smallest absolute Gasteiger partial charge is 0.223 e. The first-order valence-electron chi connectivity index (χ1n) is 2.83. The van der Waals surface area contributed by atoms with Crippen molar-refractivity contribution in [3.05, 3.63) is 24.5 Å². The summed E-state index contributed by atoms with van der Waals surface area (Å²) in [5, 5.41) is 6.93. The predicted octanol–water partition coefficient (Wildman–Crippen LogP) is 0.925. The topological polar surface area (TPSA) is 54.3 Å². The first kappa shape index (κ1) is 5.22. The highest BCUT2D eigenvalue weighted by atomic mass is 16.3. The van der Waals surface area contributed by atoms with Crippen LogP contribution in [0.15, 0.2) is 23.1 Å². The Morgan fingerprint density at radius 3 is 3.40 bits per heavy atom. The largest absolute Gasteiger partial charge is 0.445 e. The van der Waals surface area contributed by atoms with Crippen LogP contribution < -0.4 is 0 Å². The number of fused-ring (bicyclic) bond motifs is 1. The molecular weight excluding hydrogens is 130 g/mol. The van der Waals surface area contributed by atoms with Crippen LogP contribution in [0, 0.1) is 5.41 Å². The van der Waals surface area contributed by atoms with Gasteiger partial charge >= 0.3 is 0 Å². The second kappa shape index (κ2) is 1.70. The summed E-state index contributed by atoms with van der Waals surface area (Å²) in [5.41, 5.74) is 0.665. The average molecular weight is 135 g/mol. The molecule has 0 aliphatic rings. The number of nitrogens with zero attached hydrogens (tertiary/aromatic N) is 2. The number of hydrogen-bond acceptors (Lipinski definition) is 3. The molecule has 4 heteroatoms. The van der Waals surface area contributed by atoms with Crippen molar-refractivity contribution in [3.63, 3.8) is 0 Å². The van der Waals surface area contributed by atoms with Crippen LogP contribution in [0.25, 0.3) is 5.71 Å². The molecule has 2 aromatic rings. The Hall–Kier alpha value is -1.58. The molecule has 50 valence electrons. The lowest BCUT2D eigenvalue weighted by Gasteiger charge is -1.81. The Bertz CT molecular complexity index is 360. The molecule has 0 aliphatic heterocycles. The van der Waals surface area contributed by atoms with Gasteiger partial charge in [0, 0.05) is 6.20 Å². The predicted molar refractivity (Wildman–Crippen MR) is 35.3 cm³/mol. The van der Waals surface area contributed by atoms with Crippen LogP contribution in [-0.4, -0.2) is 15.6 Å². The fourth-order valence-corrected chi connectivity index (χ4v) is 0.864. The Morgan fingerprint density at radius 2 is 2.60 bits per heavy atom. The molecule has 0 amide bonds. The number of aromatic nitrogens is 2. The number of nitrogens with one attached hydrogen (secondary N) is 1. The van der Waals surface area contributed by atoms with Crippen molar-refractivity contribution >= 4 is 11.9 Å². The molecule has 0 unspecified atom stereocenters. The fourth-order valence-electron chi connectivity index (χ4n) is 0.864. The van der Waals surface area contributed by atoms with Crippen molar-refractivity contribution in [2.45, 2.75) is 0 Å². The standard InChI is InChI=1S/C6H5N3O/c7-3-5-8-4-6-9(5)1-2-10-6/h1-4,7H. The summed E-state index contributed by atoms with van der Waals surface area (Å²) in [6, 6.07) is 0. The summed E-state index contributed by atoms with van der Waals surface area (Å²) < 4.78 is 6.70. The lowest BCUT2D eigenvalue weighted by atomic mass is 10.7. The van der Waals surface area contributed by atoms with Gasteiger partial charge < -0.3 is 9.83 Å². The fraction of sp³-hybridized carbons (Fsp3) is 0. The highest BCUT2D eigenvalue weighted by Crippen LogP contribution is 2.04. The number of oxazole rings is 1. The molecule has 0 aliphatic carbocycles. The lowest BCUT2D eigenvalue weighted by Crippen LogP contribution is -1.86. The molecule has 0 atom stereocenters. The Balaban J connectivity index is 2.88. The maximum atomic E-state index is 6.93. The Labute approximate surface area is 56.6 Å². The van der Waals surface area contributed by atoms with Gasteiger partial charge in [-0.25, -0.2) is 4.98 Å². The minimum atomic E-state index is 0.587. The lowest BCUT2D eigenvalue weighted by molar-refractivity contribution is 0.608. The molecule has 0 saturated carbocycles. The van der Waals surface area contributed by atoms with E-state index < -0.39 is 0 Å². The first-order valence-corrected chi connectivity index (χ1v) is 2.83. The maximum absolute atomic E-state index is 6.93. The molecular formula is C6H5N3O. The highest BCUT2D eigenvalue weighted by molar-refractivity contribution is 5.73. The molecule has 2 heterocycles. The van der Waals surface area contributed by atoms with Crippen molar-refractivity contribution in [1.29, 1.82) is 5.41 Å². The van der Waals surface area contributed by atoms with Crippen molar-refractivity contribution < 1.29 is 4.42 Å². The molecule has 0 radical (unpaired) electrons. The highest BCUT2D eigenvalue weighted by Gasteiger charge is 2.00. The van der Waals surface area contributed by atoms with Crippen molar-refractivity contribution in [2.75, 3.05) is 0 Å². The first-order chi connectivity index (χ1) is 4.92. The molecule has 10 heavy (non-hydrogen) atoms. The van der Waals surface area contributed by atoms with Crippen LogP contribution in [0.2, 0.25) is 0 Å². The summed E-state index contributed by atoms with van der Waals surface area (Å²) in [4.78, 5) is 3.90.